The van der Waals surface area contributed by atoms with Gasteiger partial charge in [0.15, 0.2) is 0 Å². The number of hydrogen-bond acceptors (Lipinski definition) is 2. The fourth-order valence-corrected chi connectivity index (χ4v) is 1.56. The summed E-state index contributed by atoms with van der Waals surface area (Å²) in [5.41, 5.74) is 3.72. The number of benzene rings is 1. The number of rotatable bonds is 0. The van der Waals surface area contributed by atoms with Gasteiger partial charge in [0.05, 0.1) is 5.52 Å². The second-order valence-corrected chi connectivity index (χ2v) is 3.40. The van der Waals surface area contributed by atoms with Gasteiger partial charge in [0.25, 0.3) is 0 Å². The Labute approximate surface area is 82.8 Å². The molecule has 0 amide bonds. The predicted molar refractivity (Wildman–Crippen MR) is 55.9 cm³/mol. The van der Waals surface area contributed by atoms with Crippen molar-refractivity contribution in [3.05, 3.63) is 41.1 Å². The lowest BCUT2D eigenvalue weighted by molar-refractivity contribution is 1.29. The van der Waals surface area contributed by atoms with Crippen molar-refractivity contribution >= 4 is 10.9 Å². The first-order valence-corrected chi connectivity index (χ1v) is 4.49. The van der Waals surface area contributed by atoms with Crippen LogP contribution < -0.4 is 0 Å². The molecular formula is C12H10N2. The molecule has 68 valence electrons. The largest absolute Gasteiger partial charge is 0.237 e. The van der Waals surface area contributed by atoms with E-state index in [0.29, 0.717) is 5.69 Å². The Morgan fingerprint density at radius 3 is 2.50 bits per heavy atom. The molecule has 2 heteroatoms. The predicted octanol–water partition coefficient (Wildman–Crippen LogP) is 2.72. The summed E-state index contributed by atoms with van der Waals surface area (Å²) >= 11 is 0. The number of aryl methyl sites for hydroxylation is 2. The quantitative estimate of drug-likeness (QED) is 0.628. The summed E-state index contributed by atoms with van der Waals surface area (Å²) in [6.07, 6.45) is 0. The maximum Gasteiger partial charge on any atom is 0.141 e. The highest BCUT2D eigenvalue weighted by Gasteiger charge is 2.02. The van der Waals surface area contributed by atoms with Gasteiger partial charge in [-0.05, 0) is 37.1 Å². The van der Waals surface area contributed by atoms with Crippen molar-refractivity contribution in [1.29, 1.82) is 5.26 Å². The van der Waals surface area contributed by atoms with Gasteiger partial charge < -0.3 is 0 Å². The molecule has 1 aromatic carbocycles. The van der Waals surface area contributed by atoms with E-state index in [-0.39, 0.29) is 0 Å². The van der Waals surface area contributed by atoms with Crippen LogP contribution >= 0.6 is 0 Å². The molecule has 1 aromatic heterocycles. The van der Waals surface area contributed by atoms with E-state index in [0.717, 1.165) is 16.5 Å². The minimum absolute atomic E-state index is 0.478. The Morgan fingerprint density at radius 2 is 1.79 bits per heavy atom. The molecule has 1 heterocycles. The van der Waals surface area contributed by atoms with Crippen LogP contribution in [0, 0.1) is 25.2 Å². The molecule has 0 aliphatic carbocycles. The first-order chi connectivity index (χ1) is 6.72. The molecular weight excluding hydrogens is 172 g/mol. The molecule has 2 aromatic rings. The van der Waals surface area contributed by atoms with Crippen molar-refractivity contribution in [2.45, 2.75) is 13.8 Å². The molecule has 0 saturated carbocycles. The second kappa shape index (κ2) is 3.12. The maximum absolute atomic E-state index is 8.74. The third kappa shape index (κ3) is 1.23. The molecule has 2 nitrogen and oxygen atoms in total. The van der Waals surface area contributed by atoms with Crippen LogP contribution in [0.4, 0.5) is 0 Å². The van der Waals surface area contributed by atoms with Crippen molar-refractivity contribution in [2.24, 2.45) is 0 Å². The van der Waals surface area contributed by atoms with Crippen molar-refractivity contribution in [3.63, 3.8) is 0 Å². The molecule has 0 atom stereocenters. The van der Waals surface area contributed by atoms with Crippen LogP contribution in [0.3, 0.4) is 0 Å². The van der Waals surface area contributed by atoms with Crippen LogP contribution in [-0.2, 0) is 0 Å². The molecule has 0 radical (unpaired) electrons. The third-order valence-electron chi connectivity index (χ3n) is 2.39. The summed E-state index contributed by atoms with van der Waals surface area (Å²) < 4.78 is 0. The Bertz CT molecular complexity index is 536. The van der Waals surface area contributed by atoms with E-state index in [4.69, 9.17) is 5.26 Å². The van der Waals surface area contributed by atoms with Gasteiger partial charge in [-0.2, -0.15) is 5.26 Å². The molecule has 0 aliphatic heterocycles. The number of aromatic nitrogens is 1. The minimum atomic E-state index is 0.478. The van der Waals surface area contributed by atoms with Crippen molar-refractivity contribution in [3.8, 4) is 6.07 Å². The highest BCUT2D eigenvalue weighted by atomic mass is 14.7. The summed E-state index contributed by atoms with van der Waals surface area (Å²) in [5, 5.41) is 9.87. The van der Waals surface area contributed by atoms with Crippen LogP contribution in [0.25, 0.3) is 10.9 Å². The van der Waals surface area contributed by atoms with Gasteiger partial charge in [-0.15, -0.1) is 0 Å². The first kappa shape index (κ1) is 8.71. The lowest BCUT2D eigenvalue weighted by Crippen LogP contribution is -1.89. The van der Waals surface area contributed by atoms with E-state index < -0.39 is 0 Å². The lowest BCUT2D eigenvalue weighted by Gasteiger charge is -2.04. The average molecular weight is 182 g/mol. The number of fused-ring (bicyclic) bond motifs is 1. The summed E-state index contributed by atoms with van der Waals surface area (Å²) in [4.78, 5) is 4.29. The first-order valence-electron chi connectivity index (χ1n) is 4.49. The van der Waals surface area contributed by atoms with E-state index in [2.05, 4.69) is 24.0 Å². The molecule has 14 heavy (non-hydrogen) atoms. The summed E-state index contributed by atoms with van der Waals surface area (Å²) in [6, 6.07) is 9.88. The zero-order valence-electron chi connectivity index (χ0n) is 8.20. The highest BCUT2D eigenvalue weighted by molar-refractivity contribution is 5.85. The van der Waals surface area contributed by atoms with E-state index in [1.54, 1.807) is 6.07 Å². The number of nitriles is 1. The molecule has 0 fully saturated rings. The Balaban J connectivity index is 2.89. The second-order valence-electron chi connectivity index (χ2n) is 3.40. The van der Waals surface area contributed by atoms with Crippen LogP contribution in [-0.4, -0.2) is 4.98 Å². The fourth-order valence-electron chi connectivity index (χ4n) is 1.56. The Morgan fingerprint density at radius 1 is 1.07 bits per heavy atom. The lowest BCUT2D eigenvalue weighted by atomic mass is 10.1. The third-order valence-corrected chi connectivity index (χ3v) is 2.39. The summed E-state index contributed by atoms with van der Waals surface area (Å²) in [6.45, 7) is 4.06. The van der Waals surface area contributed by atoms with E-state index in [1.165, 1.54) is 5.56 Å². The van der Waals surface area contributed by atoms with Crippen molar-refractivity contribution in [2.75, 3.05) is 0 Å². The monoisotopic (exact) mass is 182 g/mol. The summed E-state index contributed by atoms with van der Waals surface area (Å²) in [7, 11) is 0. The van der Waals surface area contributed by atoms with E-state index in [1.807, 2.05) is 19.1 Å². The van der Waals surface area contributed by atoms with E-state index in [9.17, 15) is 0 Å². The zero-order chi connectivity index (χ0) is 10.1. The van der Waals surface area contributed by atoms with Crippen molar-refractivity contribution in [1.82, 2.24) is 4.98 Å². The average Bonchev–Trinajstić information content (AvgIpc) is 2.23. The number of pyridine rings is 1. The van der Waals surface area contributed by atoms with Gasteiger partial charge in [0.1, 0.15) is 11.8 Å². The van der Waals surface area contributed by atoms with Gasteiger partial charge >= 0.3 is 0 Å². The van der Waals surface area contributed by atoms with Crippen LogP contribution in [0.1, 0.15) is 16.8 Å². The van der Waals surface area contributed by atoms with E-state index >= 15 is 0 Å². The molecule has 0 saturated heterocycles. The van der Waals surface area contributed by atoms with Crippen molar-refractivity contribution < 1.29 is 0 Å². The van der Waals surface area contributed by atoms with Gasteiger partial charge in [-0.1, -0.05) is 12.1 Å². The van der Waals surface area contributed by atoms with Gasteiger partial charge in [0, 0.05) is 5.39 Å². The molecule has 2 rings (SSSR count). The Kier molecular flexibility index (Phi) is 1.94. The Hall–Kier alpha value is -1.88. The number of hydrogen-bond donors (Lipinski definition) is 0. The molecule has 0 unspecified atom stereocenters. The molecule has 0 N–H and O–H groups in total. The molecule has 0 bridgehead atoms. The fraction of sp³-hybridized carbons (Fsp3) is 0.167. The molecule has 0 aliphatic rings. The van der Waals surface area contributed by atoms with Crippen LogP contribution in [0.2, 0.25) is 0 Å². The number of nitrogens with zero attached hydrogens (tertiary/aromatic N) is 2. The molecule has 0 spiro atoms. The van der Waals surface area contributed by atoms with Gasteiger partial charge in [-0.3, -0.25) is 0 Å². The zero-order valence-corrected chi connectivity index (χ0v) is 8.20. The smallest absolute Gasteiger partial charge is 0.141 e. The summed E-state index contributed by atoms with van der Waals surface area (Å²) in [5.74, 6) is 0. The highest BCUT2D eigenvalue weighted by Crippen LogP contribution is 2.20. The standard InChI is InChI=1S/C12H10N2/c1-8-3-4-9(2)12-11(8)6-5-10(7-13)14-12/h3-6H,1-2H3. The van der Waals surface area contributed by atoms with Crippen LogP contribution in [0.5, 0.6) is 0 Å². The normalized spacial score (nSPS) is 10.1. The SMILES string of the molecule is Cc1ccc(C)c2nc(C#N)ccc12. The maximum atomic E-state index is 8.74. The van der Waals surface area contributed by atoms with Gasteiger partial charge in [0.2, 0.25) is 0 Å². The topological polar surface area (TPSA) is 36.7 Å². The van der Waals surface area contributed by atoms with Gasteiger partial charge in [-0.25, -0.2) is 4.98 Å². The van der Waals surface area contributed by atoms with Crippen LogP contribution in [0.15, 0.2) is 24.3 Å². The minimum Gasteiger partial charge on any atom is -0.237 e.